The Morgan fingerprint density at radius 2 is 2.05 bits per heavy atom. The van der Waals surface area contributed by atoms with Crippen molar-refractivity contribution in [2.75, 3.05) is 11.1 Å². The molecule has 0 aliphatic heterocycles. The van der Waals surface area contributed by atoms with Crippen molar-refractivity contribution in [2.45, 2.75) is 25.4 Å². The van der Waals surface area contributed by atoms with Crippen molar-refractivity contribution in [2.24, 2.45) is 5.41 Å². The van der Waals surface area contributed by atoms with Crippen LogP contribution in [0, 0.1) is 5.41 Å². The molecule has 1 N–H and O–H groups in total. The second-order valence-electron chi connectivity index (χ2n) is 5.08. The SMILES string of the molecule is O=C(CC1(CS)CC1)Nc1ccc(C(F)(F)F)cc1Cl. The number of carbonyl (C=O) groups is 1. The standard InChI is InChI=1S/C13H13ClF3NOS/c14-9-5-8(13(15,16)17)1-2-10(9)18-11(19)6-12(7-20)3-4-12/h1-2,5,20H,3-4,6-7H2,(H,18,19). The van der Waals surface area contributed by atoms with Crippen LogP contribution in [0.3, 0.4) is 0 Å². The lowest BCUT2D eigenvalue weighted by molar-refractivity contribution is -0.137. The summed E-state index contributed by atoms with van der Waals surface area (Å²) >= 11 is 9.97. The summed E-state index contributed by atoms with van der Waals surface area (Å²) in [5, 5.41) is 2.43. The summed E-state index contributed by atoms with van der Waals surface area (Å²) in [6.45, 7) is 0. The Hall–Kier alpha value is -0.880. The number of anilines is 1. The average Bonchev–Trinajstić information content (AvgIpc) is 3.10. The summed E-state index contributed by atoms with van der Waals surface area (Å²) < 4.78 is 37.5. The maximum atomic E-state index is 12.5. The number of carbonyl (C=O) groups excluding carboxylic acids is 1. The van der Waals surface area contributed by atoms with Crippen molar-refractivity contribution < 1.29 is 18.0 Å². The van der Waals surface area contributed by atoms with Gasteiger partial charge < -0.3 is 5.32 Å². The average molecular weight is 324 g/mol. The monoisotopic (exact) mass is 323 g/mol. The van der Waals surface area contributed by atoms with Gasteiger partial charge in [-0.1, -0.05) is 11.6 Å². The molecular formula is C13H13ClF3NOS. The quantitative estimate of drug-likeness (QED) is 0.790. The fourth-order valence-electron chi connectivity index (χ4n) is 1.90. The molecule has 7 heteroatoms. The highest BCUT2D eigenvalue weighted by molar-refractivity contribution is 7.80. The molecular weight excluding hydrogens is 311 g/mol. The van der Waals surface area contributed by atoms with E-state index in [-0.39, 0.29) is 22.0 Å². The highest BCUT2D eigenvalue weighted by Gasteiger charge is 2.43. The van der Waals surface area contributed by atoms with Gasteiger partial charge in [0.15, 0.2) is 0 Å². The van der Waals surface area contributed by atoms with Crippen molar-refractivity contribution in [1.29, 1.82) is 0 Å². The Labute approximate surface area is 125 Å². The van der Waals surface area contributed by atoms with Gasteiger partial charge in [0.1, 0.15) is 0 Å². The van der Waals surface area contributed by atoms with E-state index in [2.05, 4.69) is 17.9 Å². The zero-order chi connectivity index (χ0) is 15.0. The number of alkyl halides is 3. The molecule has 1 aliphatic carbocycles. The molecule has 0 heterocycles. The van der Waals surface area contributed by atoms with Gasteiger partial charge in [-0.05, 0) is 42.2 Å². The van der Waals surface area contributed by atoms with Crippen LogP contribution in [0.4, 0.5) is 18.9 Å². The van der Waals surface area contributed by atoms with E-state index in [1.807, 2.05) is 0 Å². The molecule has 2 rings (SSSR count). The van der Waals surface area contributed by atoms with Crippen molar-refractivity contribution in [3.05, 3.63) is 28.8 Å². The number of amides is 1. The Morgan fingerprint density at radius 1 is 1.40 bits per heavy atom. The van der Waals surface area contributed by atoms with Gasteiger partial charge in [-0.25, -0.2) is 0 Å². The molecule has 1 aliphatic rings. The van der Waals surface area contributed by atoms with Crippen LogP contribution in [0.1, 0.15) is 24.8 Å². The molecule has 0 radical (unpaired) electrons. The number of rotatable bonds is 4. The minimum absolute atomic E-state index is 0.0500. The molecule has 1 aromatic rings. The molecule has 0 bridgehead atoms. The van der Waals surface area contributed by atoms with Crippen LogP contribution < -0.4 is 5.32 Å². The van der Waals surface area contributed by atoms with Crippen molar-refractivity contribution in [3.8, 4) is 0 Å². The van der Waals surface area contributed by atoms with Gasteiger partial charge in [0.25, 0.3) is 0 Å². The first-order valence-electron chi connectivity index (χ1n) is 6.03. The van der Waals surface area contributed by atoms with Crippen LogP contribution >= 0.6 is 24.2 Å². The van der Waals surface area contributed by atoms with E-state index in [0.717, 1.165) is 25.0 Å². The predicted octanol–water partition coefficient (Wildman–Crippen LogP) is 4.40. The topological polar surface area (TPSA) is 29.1 Å². The van der Waals surface area contributed by atoms with Crippen molar-refractivity contribution in [1.82, 2.24) is 0 Å². The van der Waals surface area contributed by atoms with Gasteiger partial charge in [-0.15, -0.1) is 0 Å². The molecule has 1 amide bonds. The molecule has 1 saturated carbocycles. The van der Waals surface area contributed by atoms with Crippen LogP contribution in [0.25, 0.3) is 0 Å². The maximum Gasteiger partial charge on any atom is 0.416 e. The Kier molecular flexibility index (Phi) is 4.25. The first-order valence-corrected chi connectivity index (χ1v) is 7.04. The molecule has 0 unspecified atom stereocenters. The molecule has 0 spiro atoms. The number of nitrogens with one attached hydrogen (secondary N) is 1. The summed E-state index contributed by atoms with van der Waals surface area (Å²) in [7, 11) is 0. The molecule has 110 valence electrons. The van der Waals surface area contributed by atoms with Crippen molar-refractivity contribution >= 4 is 35.8 Å². The Bertz CT molecular complexity index is 529. The minimum Gasteiger partial charge on any atom is -0.325 e. The largest absolute Gasteiger partial charge is 0.416 e. The van der Waals surface area contributed by atoms with Crippen LogP contribution in [-0.2, 0) is 11.0 Å². The number of halogens is 4. The maximum absolute atomic E-state index is 12.5. The number of hydrogen-bond donors (Lipinski definition) is 2. The summed E-state index contributed by atoms with van der Waals surface area (Å²) in [6, 6.07) is 2.87. The molecule has 1 aromatic carbocycles. The number of benzene rings is 1. The third-order valence-electron chi connectivity index (χ3n) is 3.40. The molecule has 2 nitrogen and oxygen atoms in total. The van der Waals surface area contributed by atoms with Crippen molar-refractivity contribution in [3.63, 3.8) is 0 Å². The lowest BCUT2D eigenvalue weighted by Crippen LogP contribution is -2.18. The zero-order valence-corrected chi connectivity index (χ0v) is 12.1. The van der Waals surface area contributed by atoms with E-state index in [4.69, 9.17) is 11.6 Å². The van der Waals surface area contributed by atoms with Gasteiger partial charge in [-0.3, -0.25) is 4.79 Å². The van der Waals surface area contributed by atoms with E-state index in [1.165, 1.54) is 6.07 Å². The second-order valence-corrected chi connectivity index (χ2v) is 5.80. The summed E-state index contributed by atoms with van der Waals surface area (Å²) in [6.07, 6.45) is -2.24. The fraction of sp³-hybridized carbons (Fsp3) is 0.462. The summed E-state index contributed by atoms with van der Waals surface area (Å²) in [5.74, 6) is 0.374. The lowest BCUT2D eigenvalue weighted by Gasteiger charge is -2.14. The van der Waals surface area contributed by atoms with E-state index in [9.17, 15) is 18.0 Å². The highest BCUT2D eigenvalue weighted by atomic mass is 35.5. The molecule has 0 saturated heterocycles. The van der Waals surface area contributed by atoms with E-state index >= 15 is 0 Å². The van der Waals surface area contributed by atoms with E-state index in [0.29, 0.717) is 12.2 Å². The van der Waals surface area contributed by atoms with Gasteiger partial charge in [0.05, 0.1) is 16.3 Å². The van der Waals surface area contributed by atoms with Gasteiger partial charge in [0.2, 0.25) is 5.91 Å². The number of thiol groups is 1. The molecule has 20 heavy (non-hydrogen) atoms. The van der Waals surface area contributed by atoms with Crippen LogP contribution in [0.15, 0.2) is 18.2 Å². The Balaban J connectivity index is 2.05. The molecule has 1 fully saturated rings. The Morgan fingerprint density at radius 3 is 2.50 bits per heavy atom. The zero-order valence-electron chi connectivity index (χ0n) is 10.4. The third-order valence-corrected chi connectivity index (χ3v) is 4.38. The number of hydrogen-bond acceptors (Lipinski definition) is 2. The van der Waals surface area contributed by atoms with Crippen LogP contribution in [-0.4, -0.2) is 11.7 Å². The normalized spacial score (nSPS) is 16.9. The smallest absolute Gasteiger partial charge is 0.325 e. The van der Waals surface area contributed by atoms with Gasteiger partial charge >= 0.3 is 6.18 Å². The molecule has 0 atom stereocenters. The van der Waals surface area contributed by atoms with E-state index in [1.54, 1.807) is 0 Å². The van der Waals surface area contributed by atoms with Gasteiger partial charge in [0, 0.05) is 6.42 Å². The highest BCUT2D eigenvalue weighted by Crippen LogP contribution is 2.49. The molecule has 0 aromatic heterocycles. The van der Waals surface area contributed by atoms with Crippen LogP contribution in [0.2, 0.25) is 5.02 Å². The summed E-state index contributed by atoms with van der Waals surface area (Å²) in [4.78, 5) is 11.8. The van der Waals surface area contributed by atoms with Crippen LogP contribution in [0.5, 0.6) is 0 Å². The lowest BCUT2D eigenvalue weighted by atomic mass is 10.1. The first-order chi connectivity index (χ1) is 9.26. The van der Waals surface area contributed by atoms with Gasteiger partial charge in [-0.2, -0.15) is 25.8 Å². The third kappa shape index (κ3) is 3.61. The predicted molar refractivity (Wildman–Crippen MR) is 75.2 cm³/mol. The second kappa shape index (κ2) is 5.48. The minimum atomic E-state index is -4.45. The fourth-order valence-corrected chi connectivity index (χ4v) is 2.55. The summed E-state index contributed by atoms with van der Waals surface area (Å²) in [5.41, 5.74) is -0.694. The first kappa shape index (κ1) is 15.5. The van der Waals surface area contributed by atoms with E-state index < -0.39 is 11.7 Å².